The van der Waals surface area contributed by atoms with Gasteiger partial charge in [0, 0.05) is 25.5 Å². The van der Waals surface area contributed by atoms with Gasteiger partial charge in [-0.15, -0.1) is 0 Å². The van der Waals surface area contributed by atoms with E-state index in [1.54, 1.807) is 60.7 Å². The number of pyridine rings is 1. The van der Waals surface area contributed by atoms with E-state index in [0.29, 0.717) is 23.1 Å². The number of hydrogen-bond acceptors (Lipinski definition) is 5. The van der Waals surface area contributed by atoms with Gasteiger partial charge in [-0.1, -0.05) is 6.07 Å². The summed E-state index contributed by atoms with van der Waals surface area (Å²) in [6, 6.07) is 12.4. The minimum absolute atomic E-state index is 0.0880. The molecule has 0 saturated heterocycles. The lowest BCUT2D eigenvalue weighted by Gasteiger charge is -2.08. The first-order valence-electron chi connectivity index (χ1n) is 7.29. The van der Waals surface area contributed by atoms with Gasteiger partial charge >= 0.3 is 0 Å². The maximum Gasteiger partial charge on any atom is 0.262 e. The predicted molar refractivity (Wildman–Crippen MR) is 88.1 cm³/mol. The molecule has 7 heteroatoms. The quantitative estimate of drug-likeness (QED) is 0.754. The predicted octanol–water partition coefficient (Wildman–Crippen LogP) is 2.62. The van der Waals surface area contributed by atoms with Crippen LogP contribution in [0.1, 0.15) is 0 Å². The minimum atomic E-state index is -0.253. The summed E-state index contributed by atoms with van der Waals surface area (Å²) in [5.41, 5.74) is 0.630. The largest absolute Gasteiger partial charge is 0.484 e. The van der Waals surface area contributed by atoms with Crippen molar-refractivity contribution in [2.75, 3.05) is 11.9 Å². The molecular formula is C17H16N4O3. The molecule has 7 nitrogen and oxygen atoms in total. The smallest absolute Gasteiger partial charge is 0.262 e. The molecule has 2 heterocycles. The molecule has 1 amide bonds. The fourth-order valence-corrected chi connectivity index (χ4v) is 1.96. The fraction of sp³-hybridized carbons (Fsp3) is 0.118. The number of aryl methyl sites for hydroxylation is 1. The molecule has 122 valence electrons. The Morgan fingerprint density at radius 1 is 1.17 bits per heavy atom. The molecular weight excluding hydrogens is 308 g/mol. The second-order valence-electron chi connectivity index (χ2n) is 4.98. The molecule has 0 unspecified atom stereocenters. The third kappa shape index (κ3) is 4.33. The minimum Gasteiger partial charge on any atom is -0.484 e. The van der Waals surface area contributed by atoms with Crippen molar-refractivity contribution in [3.05, 3.63) is 61.1 Å². The van der Waals surface area contributed by atoms with Crippen molar-refractivity contribution < 1.29 is 14.3 Å². The van der Waals surface area contributed by atoms with Gasteiger partial charge in [-0.05, 0) is 30.3 Å². The van der Waals surface area contributed by atoms with E-state index < -0.39 is 0 Å². The van der Waals surface area contributed by atoms with Crippen LogP contribution < -0.4 is 14.8 Å². The lowest BCUT2D eigenvalue weighted by Crippen LogP contribution is -2.19. The number of benzene rings is 1. The molecule has 2 aromatic heterocycles. The van der Waals surface area contributed by atoms with E-state index in [-0.39, 0.29) is 12.5 Å². The van der Waals surface area contributed by atoms with Crippen LogP contribution in [0.5, 0.6) is 17.4 Å². The number of anilines is 1. The Bertz CT molecular complexity index is 800. The van der Waals surface area contributed by atoms with Gasteiger partial charge in [0.25, 0.3) is 5.91 Å². The van der Waals surface area contributed by atoms with Crippen molar-refractivity contribution in [3.8, 4) is 17.4 Å². The number of carbonyl (C=O) groups excluding carboxylic acids is 1. The molecule has 1 aromatic carbocycles. The van der Waals surface area contributed by atoms with Crippen LogP contribution in [0, 0.1) is 0 Å². The van der Waals surface area contributed by atoms with E-state index in [4.69, 9.17) is 9.47 Å². The molecule has 0 aliphatic rings. The van der Waals surface area contributed by atoms with Gasteiger partial charge in [-0.3, -0.25) is 9.48 Å². The van der Waals surface area contributed by atoms with Crippen molar-refractivity contribution in [1.82, 2.24) is 14.8 Å². The fourth-order valence-electron chi connectivity index (χ4n) is 1.96. The first kappa shape index (κ1) is 15.5. The monoisotopic (exact) mass is 324 g/mol. The zero-order valence-electron chi connectivity index (χ0n) is 13.0. The molecule has 0 bridgehead atoms. The van der Waals surface area contributed by atoms with E-state index >= 15 is 0 Å². The van der Waals surface area contributed by atoms with Crippen LogP contribution in [0.15, 0.2) is 61.1 Å². The van der Waals surface area contributed by atoms with Crippen molar-refractivity contribution in [2.45, 2.75) is 0 Å². The number of carbonyl (C=O) groups is 1. The SMILES string of the molecule is Cn1cc(NC(=O)COc2ccc(Oc3ccccn3)cc2)cn1. The second kappa shape index (κ2) is 7.28. The summed E-state index contributed by atoms with van der Waals surface area (Å²) in [7, 11) is 1.78. The molecule has 0 spiro atoms. The number of nitrogens with zero attached hydrogens (tertiary/aromatic N) is 3. The summed E-state index contributed by atoms with van der Waals surface area (Å²) in [6.45, 7) is -0.0880. The Balaban J connectivity index is 1.50. The Morgan fingerprint density at radius 3 is 2.62 bits per heavy atom. The first-order valence-corrected chi connectivity index (χ1v) is 7.29. The van der Waals surface area contributed by atoms with Crippen LogP contribution in [0.2, 0.25) is 0 Å². The number of nitrogens with one attached hydrogen (secondary N) is 1. The van der Waals surface area contributed by atoms with Gasteiger partial charge in [0.05, 0.1) is 11.9 Å². The van der Waals surface area contributed by atoms with Crippen molar-refractivity contribution in [3.63, 3.8) is 0 Å². The summed E-state index contributed by atoms with van der Waals surface area (Å²) in [5.74, 6) is 1.48. The zero-order valence-corrected chi connectivity index (χ0v) is 13.0. The summed E-state index contributed by atoms with van der Waals surface area (Å²) < 4.78 is 12.6. The van der Waals surface area contributed by atoms with E-state index in [1.165, 1.54) is 0 Å². The Kier molecular flexibility index (Phi) is 4.71. The molecule has 0 aliphatic heterocycles. The number of ether oxygens (including phenoxy) is 2. The van der Waals surface area contributed by atoms with Crippen LogP contribution >= 0.6 is 0 Å². The highest BCUT2D eigenvalue weighted by Gasteiger charge is 2.05. The summed E-state index contributed by atoms with van der Waals surface area (Å²) >= 11 is 0. The van der Waals surface area contributed by atoms with Gasteiger partial charge in [0.2, 0.25) is 5.88 Å². The third-order valence-corrected chi connectivity index (χ3v) is 3.04. The zero-order chi connectivity index (χ0) is 16.8. The van der Waals surface area contributed by atoms with Gasteiger partial charge in [0.15, 0.2) is 6.61 Å². The van der Waals surface area contributed by atoms with Crippen LogP contribution in [0.25, 0.3) is 0 Å². The Labute approximate surface area is 138 Å². The molecule has 3 aromatic rings. The van der Waals surface area contributed by atoms with Crippen LogP contribution in [0.3, 0.4) is 0 Å². The average molecular weight is 324 g/mol. The van der Waals surface area contributed by atoms with E-state index in [1.807, 2.05) is 12.1 Å². The van der Waals surface area contributed by atoms with Crippen LogP contribution in [0.4, 0.5) is 5.69 Å². The van der Waals surface area contributed by atoms with Crippen molar-refractivity contribution in [2.24, 2.45) is 7.05 Å². The third-order valence-electron chi connectivity index (χ3n) is 3.04. The Hall–Kier alpha value is -3.35. The highest BCUT2D eigenvalue weighted by atomic mass is 16.5. The Morgan fingerprint density at radius 2 is 1.96 bits per heavy atom. The van der Waals surface area contributed by atoms with Gasteiger partial charge in [0.1, 0.15) is 11.5 Å². The van der Waals surface area contributed by atoms with Crippen LogP contribution in [-0.4, -0.2) is 27.3 Å². The van der Waals surface area contributed by atoms with Crippen LogP contribution in [-0.2, 0) is 11.8 Å². The molecule has 0 aliphatic carbocycles. The molecule has 0 fully saturated rings. The van der Waals surface area contributed by atoms with E-state index in [0.717, 1.165) is 0 Å². The maximum absolute atomic E-state index is 11.8. The molecule has 3 rings (SSSR count). The topological polar surface area (TPSA) is 78.3 Å². The van der Waals surface area contributed by atoms with E-state index in [9.17, 15) is 4.79 Å². The first-order chi connectivity index (χ1) is 11.7. The standard InChI is InChI=1S/C17H16N4O3/c1-21-11-13(10-19-21)20-16(22)12-23-14-5-7-15(8-6-14)24-17-4-2-3-9-18-17/h2-11H,12H2,1H3,(H,20,22). The molecule has 0 atom stereocenters. The van der Waals surface area contributed by atoms with Crippen molar-refractivity contribution in [1.29, 1.82) is 0 Å². The summed E-state index contributed by atoms with van der Waals surface area (Å²) in [4.78, 5) is 15.9. The lowest BCUT2D eigenvalue weighted by atomic mass is 10.3. The highest BCUT2D eigenvalue weighted by Crippen LogP contribution is 2.22. The molecule has 1 N–H and O–H groups in total. The van der Waals surface area contributed by atoms with Gasteiger partial charge in [-0.2, -0.15) is 5.10 Å². The highest BCUT2D eigenvalue weighted by molar-refractivity contribution is 5.91. The van der Waals surface area contributed by atoms with Gasteiger partial charge < -0.3 is 14.8 Å². The molecule has 0 radical (unpaired) electrons. The van der Waals surface area contributed by atoms with Gasteiger partial charge in [-0.25, -0.2) is 4.98 Å². The second-order valence-corrected chi connectivity index (χ2v) is 4.98. The van der Waals surface area contributed by atoms with E-state index in [2.05, 4.69) is 15.4 Å². The molecule has 0 saturated carbocycles. The number of hydrogen-bond donors (Lipinski definition) is 1. The number of amides is 1. The number of rotatable bonds is 6. The normalized spacial score (nSPS) is 10.2. The number of aromatic nitrogens is 3. The molecule has 24 heavy (non-hydrogen) atoms. The average Bonchev–Trinajstić information content (AvgIpc) is 3.00. The van der Waals surface area contributed by atoms with Crippen molar-refractivity contribution >= 4 is 11.6 Å². The summed E-state index contributed by atoms with van der Waals surface area (Å²) in [6.07, 6.45) is 4.94. The maximum atomic E-state index is 11.8. The summed E-state index contributed by atoms with van der Waals surface area (Å²) in [5, 5.41) is 6.67. The lowest BCUT2D eigenvalue weighted by molar-refractivity contribution is -0.118.